The van der Waals surface area contributed by atoms with Crippen molar-refractivity contribution in [1.82, 2.24) is 20.0 Å². The standard InChI is InChI=1S/C18H22N4O.ClH/c23-17(21-12-7-18(8-13-21)6-10-19-14-18)15-2-4-16(5-3-15)22-11-1-9-20-22;/h1-5,9,11,19H,6-8,10,12-14H2;1H. The summed E-state index contributed by atoms with van der Waals surface area (Å²) in [6.45, 7) is 4.00. The van der Waals surface area contributed by atoms with Crippen LogP contribution in [0.2, 0.25) is 0 Å². The number of nitrogens with one attached hydrogen (secondary N) is 1. The van der Waals surface area contributed by atoms with E-state index in [1.807, 2.05) is 41.4 Å². The minimum Gasteiger partial charge on any atom is -0.339 e. The molecule has 1 aromatic heterocycles. The summed E-state index contributed by atoms with van der Waals surface area (Å²) in [5.74, 6) is 0.151. The first-order valence-corrected chi connectivity index (χ1v) is 8.36. The zero-order chi connectivity index (χ0) is 15.7. The smallest absolute Gasteiger partial charge is 0.253 e. The summed E-state index contributed by atoms with van der Waals surface area (Å²) in [5, 5.41) is 7.67. The maximum atomic E-state index is 12.7. The number of carbonyl (C=O) groups is 1. The normalized spacial score (nSPS) is 19.2. The van der Waals surface area contributed by atoms with Crippen LogP contribution in [0.1, 0.15) is 29.6 Å². The molecule has 6 heteroatoms. The molecule has 3 heterocycles. The van der Waals surface area contributed by atoms with E-state index >= 15 is 0 Å². The van der Waals surface area contributed by atoms with Crippen LogP contribution in [0.25, 0.3) is 5.69 Å². The van der Waals surface area contributed by atoms with E-state index in [-0.39, 0.29) is 18.3 Å². The lowest BCUT2D eigenvalue weighted by atomic mass is 9.78. The number of amides is 1. The molecule has 0 bridgehead atoms. The topological polar surface area (TPSA) is 50.2 Å². The Hall–Kier alpha value is -1.85. The van der Waals surface area contributed by atoms with Crippen LogP contribution in [0.3, 0.4) is 0 Å². The second-order valence-electron chi connectivity index (χ2n) is 6.72. The highest BCUT2D eigenvalue weighted by atomic mass is 35.5. The Kier molecular flexibility index (Phi) is 4.92. The Morgan fingerprint density at radius 2 is 1.88 bits per heavy atom. The maximum absolute atomic E-state index is 12.7. The molecule has 2 aliphatic heterocycles. The van der Waals surface area contributed by atoms with Crippen LogP contribution in [0.5, 0.6) is 0 Å². The third-order valence-corrected chi connectivity index (χ3v) is 5.33. The number of carbonyl (C=O) groups excluding carboxylic acids is 1. The Balaban J connectivity index is 0.00000169. The maximum Gasteiger partial charge on any atom is 0.253 e. The number of halogens is 1. The zero-order valence-corrected chi connectivity index (χ0v) is 14.5. The molecular formula is C18H23ClN4O. The molecule has 0 atom stereocenters. The van der Waals surface area contributed by atoms with E-state index in [1.54, 1.807) is 10.9 Å². The fourth-order valence-electron chi connectivity index (χ4n) is 3.77. The number of benzene rings is 1. The Bertz CT molecular complexity index is 668. The average molecular weight is 347 g/mol. The molecule has 0 unspecified atom stereocenters. The second kappa shape index (κ2) is 6.95. The summed E-state index contributed by atoms with van der Waals surface area (Å²) in [6.07, 6.45) is 7.15. The number of likely N-dealkylation sites (tertiary alicyclic amines) is 1. The lowest BCUT2D eigenvalue weighted by Gasteiger charge is -2.38. The summed E-state index contributed by atoms with van der Waals surface area (Å²) in [6, 6.07) is 9.60. The van der Waals surface area contributed by atoms with Gasteiger partial charge in [0, 0.05) is 37.6 Å². The minimum atomic E-state index is 0. The van der Waals surface area contributed by atoms with Crippen LogP contribution in [-0.4, -0.2) is 46.8 Å². The van der Waals surface area contributed by atoms with Gasteiger partial charge in [0.25, 0.3) is 5.91 Å². The summed E-state index contributed by atoms with van der Waals surface area (Å²) >= 11 is 0. The number of hydrogen-bond acceptors (Lipinski definition) is 3. The second-order valence-corrected chi connectivity index (χ2v) is 6.72. The Morgan fingerprint density at radius 1 is 1.12 bits per heavy atom. The van der Waals surface area contributed by atoms with Crippen LogP contribution < -0.4 is 5.32 Å². The number of nitrogens with zero attached hydrogens (tertiary/aromatic N) is 3. The fourth-order valence-corrected chi connectivity index (χ4v) is 3.77. The van der Waals surface area contributed by atoms with Crippen molar-refractivity contribution in [2.45, 2.75) is 19.3 Å². The first-order chi connectivity index (χ1) is 11.3. The predicted molar refractivity (Wildman–Crippen MR) is 95.9 cm³/mol. The highest BCUT2D eigenvalue weighted by molar-refractivity contribution is 5.94. The molecule has 4 rings (SSSR count). The molecule has 0 saturated carbocycles. The molecule has 0 aliphatic carbocycles. The number of hydrogen-bond donors (Lipinski definition) is 1. The van der Waals surface area contributed by atoms with Crippen molar-refractivity contribution in [2.75, 3.05) is 26.2 Å². The van der Waals surface area contributed by atoms with Crippen LogP contribution in [0.4, 0.5) is 0 Å². The summed E-state index contributed by atoms with van der Waals surface area (Å²) in [5.41, 5.74) is 2.18. The van der Waals surface area contributed by atoms with Crippen molar-refractivity contribution in [3.8, 4) is 5.69 Å². The number of rotatable bonds is 2. The van der Waals surface area contributed by atoms with E-state index < -0.39 is 0 Å². The van der Waals surface area contributed by atoms with Crippen molar-refractivity contribution < 1.29 is 4.79 Å². The van der Waals surface area contributed by atoms with Crippen molar-refractivity contribution in [2.24, 2.45) is 5.41 Å². The van der Waals surface area contributed by atoms with E-state index in [0.717, 1.165) is 50.3 Å². The van der Waals surface area contributed by atoms with Gasteiger partial charge in [-0.15, -0.1) is 12.4 Å². The predicted octanol–water partition coefficient (Wildman–Crippen LogP) is 2.51. The summed E-state index contributed by atoms with van der Waals surface area (Å²) in [4.78, 5) is 14.7. The van der Waals surface area contributed by atoms with Gasteiger partial charge in [0.1, 0.15) is 0 Å². The summed E-state index contributed by atoms with van der Waals surface area (Å²) in [7, 11) is 0. The molecule has 24 heavy (non-hydrogen) atoms. The van der Waals surface area contributed by atoms with Crippen molar-refractivity contribution >= 4 is 18.3 Å². The minimum absolute atomic E-state index is 0. The Labute approximate surface area is 148 Å². The first-order valence-electron chi connectivity index (χ1n) is 8.36. The average Bonchev–Trinajstić information content (AvgIpc) is 3.28. The van der Waals surface area contributed by atoms with Crippen LogP contribution in [0, 0.1) is 5.41 Å². The lowest BCUT2D eigenvalue weighted by molar-refractivity contribution is 0.0607. The molecule has 2 saturated heterocycles. The molecule has 5 nitrogen and oxygen atoms in total. The van der Waals surface area contributed by atoms with Gasteiger partial charge in [0.05, 0.1) is 5.69 Å². The highest BCUT2D eigenvalue weighted by Gasteiger charge is 2.38. The highest BCUT2D eigenvalue weighted by Crippen LogP contribution is 2.37. The SMILES string of the molecule is Cl.O=C(c1ccc(-n2cccn2)cc1)N1CCC2(CCNC2)CC1. The molecule has 2 fully saturated rings. The summed E-state index contributed by atoms with van der Waals surface area (Å²) < 4.78 is 1.80. The van der Waals surface area contributed by atoms with Gasteiger partial charge in [-0.05, 0) is 61.6 Å². The van der Waals surface area contributed by atoms with Gasteiger partial charge >= 0.3 is 0 Å². The van der Waals surface area contributed by atoms with E-state index in [4.69, 9.17) is 0 Å². The molecule has 1 amide bonds. The van der Waals surface area contributed by atoms with Gasteiger partial charge in [-0.3, -0.25) is 4.79 Å². The largest absolute Gasteiger partial charge is 0.339 e. The molecule has 1 aromatic carbocycles. The lowest BCUT2D eigenvalue weighted by Crippen LogP contribution is -2.44. The van der Waals surface area contributed by atoms with Crippen molar-refractivity contribution in [3.63, 3.8) is 0 Å². The Morgan fingerprint density at radius 3 is 2.46 bits per heavy atom. The van der Waals surface area contributed by atoms with Crippen molar-refractivity contribution in [1.29, 1.82) is 0 Å². The third-order valence-electron chi connectivity index (χ3n) is 5.33. The first kappa shape index (κ1) is 17.0. The van der Waals surface area contributed by atoms with Crippen LogP contribution >= 0.6 is 12.4 Å². The van der Waals surface area contributed by atoms with Gasteiger partial charge in [0.15, 0.2) is 0 Å². The van der Waals surface area contributed by atoms with Gasteiger partial charge in [-0.2, -0.15) is 5.10 Å². The fraction of sp³-hybridized carbons (Fsp3) is 0.444. The quantitative estimate of drug-likeness (QED) is 0.909. The molecule has 1 N–H and O–H groups in total. The van der Waals surface area contributed by atoms with Gasteiger partial charge in [-0.25, -0.2) is 4.68 Å². The molecular weight excluding hydrogens is 324 g/mol. The monoisotopic (exact) mass is 346 g/mol. The third kappa shape index (κ3) is 3.19. The molecule has 2 aromatic rings. The molecule has 128 valence electrons. The van der Waals surface area contributed by atoms with Gasteiger partial charge in [0.2, 0.25) is 0 Å². The van der Waals surface area contributed by atoms with E-state index in [9.17, 15) is 4.79 Å². The van der Waals surface area contributed by atoms with E-state index in [1.165, 1.54) is 6.42 Å². The van der Waals surface area contributed by atoms with Crippen LogP contribution in [0.15, 0.2) is 42.7 Å². The van der Waals surface area contributed by atoms with Gasteiger partial charge in [-0.1, -0.05) is 0 Å². The van der Waals surface area contributed by atoms with E-state index in [2.05, 4.69) is 10.4 Å². The molecule has 2 aliphatic rings. The molecule has 0 radical (unpaired) electrons. The zero-order valence-electron chi connectivity index (χ0n) is 13.6. The molecule has 1 spiro atoms. The number of aromatic nitrogens is 2. The van der Waals surface area contributed by atoms with Crippen molar-refractivity contribution in [3.05, 3.63) is 48.3 Å². The van der Waals surface area contributed by atoms with Crippen LogP contribution in [-0.2, 0) is 0 Å². The van der Waals surface area contributed by atoms with E-state index in [0.29, 0.717) is 5.41 Å². The number of piperidine rings is 1. The van der Waals surface area contributed by atoms with Gasteiger partial charge < -0.3 is 10.2 Å².